The zero-order valence-corrected chi connectivity index (χ0v) is 21.7. The van der Waals surface area contributed by atoms with E-state index in [1.807, 2.05) is 0 Å². The molecule has 3 heterocycles. The number of benzene rings is 2. The molecule has 228 valence electrons. The first-order chi connectivity index (χ1) is 20.0. The van der Waals surface area contributed by atoms with E-state index < -0.39 is 85.8 Å². The van der Waals surface area contributed by atoms with E-state index in [1.54, 1.807) is 0 Å². The number of phenols is 1. The van der Waals surface area contributed by atoms with Gasteiger partial charge in [0.05, 0.1) is 13.2 Å². The lowest BCUT2D eigenvalue weighted by atomic mass is 9.99. The molecule has 9 N–H and O–H groups in total. The minimum absolute atomic E-state index is 0.0799. The number of aromatic hydroxyl groups is 1. The highest BCUT2D eigenvalue weighted by Gasteiger charge is 2.45. The lowest BCUT2D eigenvalue weighted by molar-refractivity contribution is -0.277. The van der Waals surface area contributed by atoms with E-state index in [0.29, 0.717) is 5.56 Å². The van der Waals surface area contributed by atoms with E-state index in [-0.39, 0.29) is 28.2 Å². The summed E-state index contributed by atoms with van der Waals surface area (Å²) >= 11 is 0. The van der Waals surface area contributed by atoms with Crippen molar-refractivity contribution in [3.05, 3.63) is 52.7 Å². The number of aliphatic hydroxyl groups is 8. The quantitative estimate of drug-likeness (QED) is 0.137. The Hall–Kier alpha value is -3.35. The molecule has 2 saturated heterocycles. The minimum atomic E-state index is -1.71. The lowest BCUT2D eigenvalue weighted by Crippen LogP contribution is -2.60. The molecule has 42 heavy (non-hydrogen) atoms. The van der Waals surface area contributed by atoms with Crippen LogP contribution in [0.2, 0.25) is 0 Å². The molecule has 5 rings (SSSR count). The van der Waals surface area contributed by atoms with Crippen LogP contribution in [0, 0.1) is 0 Å². The molecule has 2 aromatic carbocycles. The molecule has 3 aromatic rings. The van der Waals surface area contributed by atoms with Gasteiger partial charge in [0.15, 0.2) is 5.43 Å². The Kier molecular flexibility index (Phi) is 8.68. The number of ether oxygens (including phenoxy) is 4. The maximum absolute atomic E-state index is 12.8. The summed E-state index contributed by atoms with van der Waals surface area (Å²) in [5.74, 6) is -0.362. The van der Waals surface area contributed by atoms with Crippen molar-refractivity contribution in [1.29, 1.82) is 0 Å². The largest absolute Gasteiger partial charge is 0.507 e. The van der Waals surface area contributed by atoms with E-state index in [9.17, 15) is 50.8 Å². The smallest absolute Gasteiger partial charge is 0.229 e. The van der Waals surface area contributed by atoms with Crippen LogP contribution in [0.3, 0.4) is 0 Å². The first kappa shape index (κ1) is 30.1. The van der Waals surface area contributed by atoms with Gasteiger partial charge < -0.3 is 69.3 Å². The monoisotopic (exact) mass is 594 g/mol. The van der Waals surface area contributed by atoms with Gasteiger partial charge in [-0.25, -0.2) is 0 Å². The van der Waals surface area contributed by atoms with E-state index in [4.69, 9.17) is 23.4 Å². The Morgan fingerprint density at radius 2 is 1.19 bits per heavy atom. The molecule has 0 aliphatic carbocycles. The van der Waals surface area contributed by atoms with E-state index >= 15 is 0 Å². The van der Waals surface area contributed by atoms with E-state index in [0.717, 1.165) is 12.1 Å². The van der Waals surface area contributed by atoms with Gasteiger partial charge in [0.1, 0.15) is 82.8 Å². The Morgan fingerprint density at radius 1 is 0.667 bits per heavy atom. The molecule has 2 fully saturated rings. The Labute approximate surface area is 236 Å². The van der Waals surface area contributed by atoms with E-state index in [1.165, 1.54) is 30.3 Å². The van der Waals surface area contributed by atoms with Crippen LogP contribution in [0.5, 0.6) is 17.2 Å². The van der Waals surface area contributed by atoms with Gasteiger partial charge in [-0.3, -0.25) is 4.79 Å². The van der Waals surface area contributed by atoms with Crippen LogP contribution < -0.4 is 14.9 Å². The molecule has 0 radical (unpaired) electrons. The second-order valence-electron chi connectivity index (χ2n) is 9.95. The first-order valence-corrected chi connectivity index (χ1v) is 12.9. The molecule has 0 saturated carbocycles. The highest BCUT2D eigenvalue weighted by atomic mass is 16.7. The van der Waals surface area contributed by atoms with Gasteiger partial charge in [0.2, 0.25) is 12.6 Å². The van der Waals surface area contributed by atoms with Crippen LogP contribution in [0.4, 0.5) is 0 Å². The molecule has 0 unspecified atom stereocenters. The van der Waals surface area contributed by atoms with Crippen LogP contribution in [-0.4, -0.2) is 121 Å². The second-order valence-corrected chi connectivity index (χ2v) is 9.95. The third-order valence-corrected chi connectivity index (χ3v) is 7.12. The molecule has 1 aromatic heterocycles. The van der Waals surface area contributed by atoms with Gasteiger partial charge in [-0.1, -0.05) is 0 Å². The predicted molar refractivity (Wildman–Crippen MR) is 138 cm³/mol. The van der Waals surface area contributed by atoms with Crippen molar-refractivity contribution in [2.45, 2.75) is 61.4 Å². The predicted octanol–water partition coefficient (Wildman–Crippen LogP) is -2.48. The summed E-state index contributed by atoms with van der Waals surface area (Å²) in [6.45, 7) is -1.28. The van der Waals surface area contributed by atoms with Crippen molar-refractivity contribution >= 4 is 11.0 Å². The zero-order chi connectivity index (χ0) is 30.3. The number of hydrogen-bond donors (Lipinski definition) is 9. The fourth-order valence-corrected chi connectivity index (χ4v) is 4.75. The van der Waals surface area contributed by atoms with Crippen LogP contribution in [-0.2, 0) is 9.47 Å². The maximum Gasteiger partial charge on any atom is 0.229 e. The van der Waals surface area contributed by atoms with Gasteiger partial charge in [0.25, 0.3) is 0 Å². The fourth-order valence-electron chi connectivity index (χ4n) is 4.75. The number of aliphatic hydroxyl groups excluding tert-OH is 8. The van der Waals surface area contributed by atoms with Crippen LogP contribution in [0.15, 0.2) is 51.7 Å². The van der Waals surface area contributed by atoms with Crippen molar-refractivity contribution in [1.82, 2.24) is 0 Å². The van der Waals surface area contributed by atoms with Crippen molar-refractivity contribution in [3.8, 4) is 28.6 Å². The SMILES string of the molecule is O=c1cc(-c2ccc(O[C@@H]3O[C@@H](CO)[C@@H](O)[C@H](O)[C@@H]3O)cc2)oc2cc(O[C@@H]3O[C@@H](CO)[C@@H](O)[C@@H](O)[C@@H]3O)cc(O)c12. The number of fused-ring (bicyclic) bond motifs is 1. The topological polar surface area (TPSA) is 249 Å². The summed E-state index contributed by atoms with van der Waals surface area (Å²) in [5.41, 5.74) is -0.293. The average molecular weight is 595 g/mol. The summed E-state index contributed by atoms with van der Waals surface area (Å²) in [6, 6.07) is 9.40. The third-order valence-electron chi connectivity index (χ3n) is 7.12. The highest BCUT2D eigenvalue weighted by Crippen LogP contribution is 2.34. The number of phenolic OH excluding ortho intramolecular Hbond substituents is 1. The van der Waals surface area contributed by atoms with Crippen molar-refractivity contribution < 1.29 is 69.3 Å². The average Bonchev–Trinajstić information content (AvgIpc) is 2.97. The molecule has 0 amide bonds. The molecule has 2 aliphatic rings. The van der Waals surface area contributed by atoms with Gasteiger partial charge >= 0.3 is 0 Å². The van der Waals surface area contributed by atoms with E-state index in [2.05, 4.69) is 0 Å². The lowest BCUT2D eigenvalue weighted by Gasteiger charge is -2.39. The molecular weight excluding hydrogens is 564 g/mol. The van der Waals surface area contributed by atoms with Crippen molar-refractivity contribution in [3.63, 3.8) is 0 Å². The van der Waals surface area contributed by atoms with Crippen molar-refractivity contribution in [2.75, 3.05) is 13.2 Å². The van der Waals surface area contributed by atoms with Gasteiger partial charge in [-0.05, 0) is 24.3 Å². The van der Waals surface area contributed by atoms with Crippen LogP contribution in [0.25, 0.3) is 22.3 Å². The van der Waals surface area contributed by atoms with Crippen molar-refractivity contribution in [2.24, 2.45) is 0 Å². The summed E-state index contributed by atoms with van der Waals surface area (Å²) < 4.78 is 27.6. The fraction of sp³-hybridized carbons (Fsp3) is 0.444. The highest BCUT2D eigenvalue weighted by molar-refractivity contribution is 5.86. The molecule has 15 nitrogen and oxygen atoms in total. The second kappa shape index (κ2) is 12.1. The Bertz CT molecular complexity index is 1440. The summed E-state index contributed by atoms with van der Waals surface area (Å²) in [5, 5.41) is 89.3. The summed E-state index contributed by atoms with van der Waals surface area (Å²) in [7, 11) is 0. The minimum Gasteiger partial charge on any atom is -0.507 e. The Balaban J connectivity index is 1.37. The molecule has 0 spiro atoms. The number of hydrogen-bond acceptors (Lipinski definition) is 15. The summed E-state index contributed by atoms with van der Waals surface area (Å²) in [4.78, 5) is 12.8. The Morgan fingerprint density at radius 3 is 1.71 bits per heavy atom. The van der Waals surface area contributed by atoms with Crippen LogP contribution >= 0.6 is 0 Å². The molecule has 2 aliphatic heterocycles. The van der Waals surface area contributed by atoms with Crippen LogP contribution in [0.1, 0.15) is 0 Å². The zero-order valence-electron chi connectivity index (χ0n) is 21.7. The van der Waals surface area contributed by atoms with Gasteiger partial charge in [0, 0.05) is 23.8 Å². The van der Waals surface area contributed by atoms with Gasteiger partial charge in [-0.15, -0.1) is 0 Å². The molecular formula is C27H30O15. The van der Waals surface area contributed by atoms with Gasteiger partial charge in [-0.2, -0.15) is 0 Å². The standard InChI is InChI=1S/C27H30O15/c28-8-17-20(32)22(34)24(36)26(41-17)38-11-3-1-10(2-4-11)15-7-14(31)19-13(30)5-12(6-16(19)40-15)39-27-25(37)23(35)21(33)18(9-29)42-27/h1-7,17-18,20-30,32-37H,8-9H2/t17-,18-,20+,21+,22-,23+,24-,25-,26+,27+/m0/s1. The molecule has 0 bridgehead atoms. The molecule has 10 atom stereocenters. The normalized spacial score (nSPS) is 33.4. The number of rotatable bonds is 7. The summed E-state index contributed by atoms with van der Waals surface area (Å²) in [6.07, 6.45) is -15.0. The first-order valence-electron chi connectivity index (χ1n) is 12.9. The third kappa shape index (κ3) is 5.67. The molecule has 15 heteroatoms. The maximum atomic E-state index is 12.8.